The molecule has 1 heterocycles. The zero-order valence-corrected chi connectivity index (χ0v) is 15.8. The molecular weight excluding hydrogens is 352 g/mol. The van der Waals surface area contributed by atoms with Crippen LogP contribution in [0.15, 0.2) is 36.4 Å². The highest BCUT2D eigenvalue weighted by Gasteiger charge is 2.37. The second-order valence-corrected chi connectivity index (χ2v) is 7.78. The molecule has 0 unspecified atom stereocenters. The molecule has 0 saturated carbocycles. The molecule has 0 atom stereocenters. The third-order valence-electron chi connectivity index (χ3n) is 4.23. The average Bonchev–Trinajstić information content (AvgIpc) is 2.78. The number of carbonyl (C=O) groups is 3. The summed E-state index contributed by atoms with van der Waals surface area (Å²) in [5.41, 5.74) is 1.93. The molecule has 1 N–H and O–H groups in total. The number of benzene rings is 2. The van der Waals surface area contributed by atoms with Crippen molar-refractivity contribution in [2.75, 3.05) is 10.2 Å². The molecule has 2 aromatic carbocycles. The highest BCUT2D eigenvalue weighted by molar-refractivity contribution is 6.36. The van der Waals surface area contributed by atoms with E-state index in [9.17, 15) is 14.4 Å². The molecule has 2 aromatic rings. The van der Waals surface area contributed by atoms with Crippen molar-refractivity contribution in [1.29, 1.82) is 0 Å². The smallest absolute Gasteiger partial charge is 0.266 e. The van der Waals surface area contributed by atoms with Gasteiger partial charge in [0.15, 0.2) is 0 Å². The molecule has 0 bridgehead atoms. The zero-order valence-electron chi connectivity index (χ0n) is 15.0. The Morgan fingerprint density at radius 3 is 2.27 bits per heavy atom. The Hall–Kier alpha value is -2.66. The number of amides is 3. The second kappa shape index (κ2) is 6.25. The van der Waals surface area contributed by atoms with Crippen LogP contribution in [0.1, 0.15) is 47.1 Å². The fourth-order valence-electron chi connectivity index (χ4n) is 2.73. The summed E-state index contributed by atoms with van der Waals surface area (Å²) in [5.74, 6) is -0.890. The molecular formula is C20H19ClN2O3. The zero-order chi connectivity index (χ0) is 19.2. The molecule has 5 nitrogen and oxygen atoms in total. The number of hydrogen-bond acceptors (Lipinski definition) is 3. The van der Waals surface area contributed by atoms with E-state index in [0.29, 0.717) is 33.1 Å². The molecule has 1 aliphatic heterocycles. The molecule has 3 amide bonds. The summed E-state index contributed by atoms with van der Waals surface area (Å²) in [6.07, 6.45) is 0. The maximum atomic E-state index is 12.7. The Kier molecular flexibility index (Phi) is 4.36. The van der Waals surface area contributed by atoms with Gasteiger partial charge >= 0.3 is 0 Å². The normalized spacial score (nSPS) is 13.8. The third-order valence-corrected chi connectivity index (χ3v) is 4.46. The van der Waals surface area contributed by atoms with Crippen molar-refractivity contribution in [2.24, 2.45) is 5.41 Å². The predicted molar refractivity (Wildman–Crippen MR) is 102 cm³/mol. The minimum atomic E-state index is -0.519. The van der Waals surface area contributed by atoms with Crippen LogP contribution in [0.5, 0.6) is 0 Å². The van der Waals surface area contributed by atoms with Crippen LogP contribution in [0.25, 0.3) is 0 Å². The van der Waals surface area contributed by atoms with Crippen LogP contribution in [0.3, 0.4) is 0 Å². The van der Waals surface area contributed by atoms with Gasteiger partial charge in [0.25, 0.3) is 11.8 Å². The van der Waals surface area contributed by atoms with Crippen LogP contribution in [0.2, 0.25) is 5.02 Å². The first-order valence-corrected chi connectivity index (χ1v) is 8.58. The molecule has 3 rings (SSSR count). The monoisotopic (exact) mass is 370 g/mol. The maximum Gasteiger partial charge on any atom is 0.266 e. The molecule has 0 radical (unpaired) electrons. The second-order valence-electron chi connectivity index (χ2n) is 7.34. The maximum absolute atomic E-state index is 12.7. The molecule has 6 heteroatoms. The van der Waals surface area contributed by atoms with Gasteiger partial charge in [-0.3, -0.25) is 14.4 Å². The number of anilines is 2. The van der Waals surface area contributed by atoms with Crippen molar-refractivity contribution in [3.8, 4) is 0 Å². The Labute approximate surface area is 156 Å². The number of halogens is 1. The number of carbonyl (C=O) groups excluding carboxylic acids is 3. The summed E-state index contributed by atoms with van der Waals surface area (Å²) in [7, 11) is 0. The molecule has 134 valence electrons. The molecule has 0 aromatic heterocycles. The van der Waals surface area contributed by atoms with Gasteiger partial charge in [-0.15, -0.1) is 0 Å². The van der Waals surface area contributed by atoms with E-state index in [4.69, 9.17) is 11.6 Å². The van der Waals surface area contributed by atoms with Gasteiger partial charge in [-0.05, 0) is 48.9 Å². The highest BCUT2D eigenvalue weighted by atomic mass is 35.5. The van der Waals surface area contributed by atoms with Gasteiger partial charge in [-0.25, -0.2) is 4.90 Å². The van der Waals surface area contributed by atoms with Gasteiger partial charge in [-0.1, -0.05) is 32.4 Å². The standard InChI is InChI=1S/C20H19ClN2O3/c1-11-9-13(22-19(26)20(2,3)4)6-8-16(11)23-17(24)14-7-5-12(21)10-15(14)18(23)25/h5-10H,1-4H3,(H,22,26). The van der Waals surface area contributed by atoms with Gasteiger partial charge < -0.3 is 5.32 Å². The summed E-state index contributed by atoms with van der Waals surface area (Å²) in [4.78, 5) is 38.6. The minimum absolute atomic E-state index is 0.111. The van der Waals surface area contributed by atoms with Crippen molar-refractivity contribution in [3.63, 3.8) is 0 Å². The summed E-state index contributed by atoms with van der Waals surface area (Å²) in [6, 6.07) is 9.75. The van der Waals surface area contributed by atoms with Crippen LogP contribution >= 0.6 is 11.6 Å². The van der Waals surface area contributed by atoms with Crippen LogP contribution in [0, 0.1) is 12.3 Å². The highest BCUT2D eigenvalue weighted by Crippen LogP contribution is 2.33. The van der Waals surface area contributed by atoms with Crippen LogP contribution in [-0.2, 0) is 4.79 Å². The van der Waals surface area contributed by atoms with E-state index in [1.807, 2.05) is 20.8 Å². The number of nitrogens with zero attached hydrogens (tertiary/aromatic N) is 1. The van der Waals surface area contributed by atoms with E-state index in [1.54, 1.807) is 37.3 Å². The SMILES string of the molecule is Cc1cc(NC(=O)C(C)(C)C)ccc1N1C(=O)c2ccc(Cl)cc2C1=O. The molecule has 1 aliphatic rings. The largest absolute Gasteiger partial charge is 0.326 e. The van der Waals surface area contributed by atoms with Crippen molar-refractivity contribution in [3.05, 3.63) is 58.1 Å². The Morgan fingerprint density at radius 1 is 1.00 bits per heavy atom. The van der Waals surface area contributed by atoms with Crippen molar-refractivity contribution >= 4 is 40.7 Å². The molecule has 0 saturated heterocycles. The number of hydrogen-bond donors (Lipinski definition) is 1. The molecule has 0 aliphatic carbocycles. The van der Waals surface area contributed by atoms with E-state index < -0.39 is 11.3 Å². The Balaban J connectivity index is 1.93. The van der Waals surface area contributed by atoms with Gasteiger partial charge in [0.05, 0.1) is 16.8 Å². The lowest BCUT2D eigenvalue weighted by molar-refractivity contribution is -0.123. The Morgan fingerprint density at radius 2 is 1.65 bits per heavy atom. The van der Waals surface area contributed by atoms with Crippen LogP contribution in [-0.4, -0.2) is 17.7 Å². The summed E-state index contributed by atoms with van der Waals surface area (Å²) >= 11 is 5.95. The predicted octanol–water partition coefficient (Wildman–Crippen LogP) is 4.43. The fourth-order valence-corrected chi connectivity index (χ4v) is 2.91. The number of aryl methyl sites for hydroxylation is 1. The van der Waals surface area contributed by atoms with Gasteiger partial charge in [0.2, 0.25) is 5.91 Å². The number of fused-ring (bicyclic) bond motifs is 1. The van der Waals surface area contributed by atoms with E-state index in [1.165, 1.54) is 6.07 Å². The Bertz CT molecular complexity index is 945. The molecule has 0 fully saturated rings. The van der Waals surface area contributed by atoms with Crippen LogP contribution < -0.4 is 10.2 Å². The van der Waals surface area contributed by atoms with Crippen molar-refractivity contribution in [2.45, 2.75) is 27.7 Å². The summed E-state index contributed by atoms with van der Waals surface area (Å²) in [5, 5.41) is 3.25. The quantitative estimate of drug-likeness (QED) is 0.795. The summed E-state index contributed by atoms with van der Waals surface area (Å²) in [6.45, 7) is 7.27. The van der Waals surface area contributed by atoms with Gasteiger partial charge in [0.1, 0.15) is 0 Å². The van der Waals surface area contributed by atoms with Gasteiger partial charge in [0, 0.05) is 16.1 Å². The first kappa shape index (κ1) is 18.1. The lowest BCUT2D eigenvalue weighted by atomic mass is 9.95. The first-order chi connectivity index (χ1) is 12.1. The lowest BCUT2D eigenvalue weighted by Crippen LogP contribution is -2.30. The minimum Gasteiger partial charge on any atom is -0.326 e. The lowest BCUT2D eigenvalue weighted by Gasteiger charge is -2.20. The number of imide groups is 1. The first-order valence-electron chi connectivity index (χ1n) is 8.20. The third kappa shape index (κ3) is 3.10. The van der Waals surface area contributed by atoms with Gasteiger partial charge in [-0.2, -0.15) is 0 Å². The van der Waals surface area contributed by atoms with E-state index >= 15 is 0 Å². The van der Waals surface area contributed by atoms with E-state index in [2.05, 4.69) is 5.32 Å². The number of nitrogens with one attached hydrogen (secondary N) is 1. The topological polar surface area (TPSA) is 66.5 Å². The average molecular weight is 371 g/mol. The van der Waals surface area contributed by atoms with E-state index in [-0.39, 0.29) is 11.8 Å². The molecule has 0 spiro atoms. The fraction of sp³-hybridized carbons (Fsp3) is 0.250. The van der Waals surface area contributed by atoms with E-state index in [0.717, 1.165) is 4.90 Å². The number of rotatable bonds is 2. The molecule has 26 heavy (non-hydrogen) atoms. The van der Waals surface area contributed by atoms with Crippen LogP contribution in [0.4, 0.5) is 11.4 Å². The summed E-state index contributed by atoms with van der Waals surface area (Å²) < 4.78 is 0. The van der Waals surface area contributed by atoms with Crippen molar-refractivity contribution in [1.82, 2.24) is 0 Å². The van der Waals surface area contributed by atoms with Crippen molar-refractivity contribution < 1.29 is 14.4 Å².